The first-order valence-corrected chi connectivity index (χ1v) is 9.38. The monoisotopic (exact) mass is 366 g/mol. The fourth-order valence-corrected chi connectivity index (χ4v) is 3.82. The summed E-state index contributed by atoms with van der Waals surface area (Å²) in [4.78, 5) is 4.21. The molecule has 0 aliphatic carbocycles. The lowest BCUT2D eigenvalue weighted by Crippen LogP contribution is -2.19. The van der Waals surface area contributed by atoms with Gasteiger partial charge in [0.1, 0.15) is 5.82 Å². The van der Waals surface area contributed by atoms with Crippen molar-refractivity contribution in [2.75, 3.05) is 11.3 Å². The van der Waals surface area contributed by atoms with Crippen molar-refractivity contribution in [1.82, 2.24) is 4.98 Å². The van der Waals surface area contributed by atoms with Gasteiger partial charge in [0.25, 0.3) is 10.0 Å². The zero-order valence-corrected chi connectivity index (χ0v) is 14.7. The minimum absolute atomic E-state index is 0.0325. The third kappa shape index (κ3) is 3.45. The number of hydrogen-bond acceptors (Lipinski definition) is 5. The Labute approximate surface area is 145 Å². The highest BCUT2D eigenvalue weighted by molar-refractivity contribution is 7.92. The minimum atomic E-state index is -3.99. The van der Waals surface area contributed by atoms with Crippen molar-refractivity contribution in [3.8, 4) is 5.75 Å². The molecule has 0 spiro atoms. The number of aromatic nitrogens is 1. The molecule has 0 radical (unpaired) electrons. The number of halogens is 1. The van der Waals surface area contributed by atoms with Crippen molar-refractivity contribution in [3.05, 3.63) is 46.9 Å². The Hall–Kier alpha value is -2.19. The summed E-state index contributed by atoms with van der Waals surface area (Å²) in [5.41, 5.74) is 2.15. The molecule has 0 atom stereocenters. The number of pyridine rings is 1. The molecule has 1 aliphatic rings. The summed E-state index contributed by atoms with van der Waals surface area (Å²) in [6.07, 6.45) is 0.481. The van der Waals surface area contributed by atoms with E-state index in [-0.39, 0.29) is 22.4 Å². The van der Waals surface area contributed by atoms with Gasteiger partial charge in [0, 0.05) is 11.1 Å². The third-order valence-electron chi connectivity index (χ3n) is 4.06. The van der Waals surface area contributed by atoms with Crippen LogP contribution in [0.2, 0.25) is 0 Å². The Kier molecular flexibility index (Phi) is 4.66. The lowest BCUT2D eigenvalue weighted by molar-refractivity contribution is 0.108. The smallest absolute Gasteiger partial charge is 0.263 e. The van der Waals surface area contributed by atoms with E-state index >= 15 is 0 Å². The number of aromatic hydroxyl groups is 1. The molecular weight excluding hydrogens is 347 g/mol. The number of rotatable bonds is 4. The van der Waals surface area contributed by atoms with Gasteiger partial charge in [-0.15, -0.1) is 0 Å². The van der Waals surface area contributed by atoms with Crippen molar-refractivity contribution < 1.29 is 22.7 Å². The van der Waals surface area contributed by atoms with Crippen molar-refractivity contribution in [2.45, 2.75) is 37.7 Å². The average Bonchev–Trinajstić information content (AvgIpc) is 2.57. The number of anilines is 1. The highest BCUT2D eigenvalue weighted by atomic mass is 32.2. The second-order valence-corrected chi connectivity index (χ2v) is 7.85. The van der Waals surface area contributed by atoms with Crippen LogP contribution in [0.3, 0.4) is 0 Å². The number of nitrogens with zero attached hydrogens (tertiary/aromatic N) is 1. The van der Waals surface area contributed by atoms with E-state index in [0.717, 1.165) is 29.8 Å². The van der Waals surface area contributed by atoms with Gasteiger partial charge in [-0.3, -0.25) is 4.72 Å². The summed E-state index contributed by atoms with van der Waals surface area (Å²) in [5, 5.41) is 10.5. The lowest BCUT2D eigenvalue weighted by Gasteiger charge is -2.24. The van der Waals surface area contributed by atoms with E-state index in [4.69, 9.17) is 4.74 Å². The quantitative estimate of drug-likeness (QED) is 0.869. The molecule has 25 heavy (non-hydrogen) atoms. The van der Waals surface area contributed by atoms with Crippen molar-refractivity contribution in [3.63, 3.8) is 0 Å². The van der Waals surface area contributed by atoms with Gasteiger partial charge in [-0.1, -0.05) is 13.8 Å². The zero-order chi connectivity index (χ0) is 18.2. The van der Waals surface area contributed by atoms with Gasteiger partial charge in [-0.05, 0) is 36.6 Å². The van der Waals surface area contributed by atoms with Crippen LogP contribution in [0.25, 0.3) is 0 Å². The molecule has 0 saturated carbocycles. The summed E-state index contributed by atoms with van der Waals surface area (Å²) in [6.45, 7) is 4.67. The van der Waals surface area contributed by atoms with E-state index in [0.29, 0.717) is 30.9 Å². The summed E-state index contributed by atoms with van der Waals surface area (Å²) >= 11 is 0. The Morgan fingerprint density at radius 2 is 1.92 bits per heavy atom. The summed E-state index contributed by atoms with van der Waals surface area (Å²) < 4.78 is 45.8. The second-order valence-electron chi connectivity index (χ2n) is 6.17. The molecule has 1 aromatic heterocycles. The van der Waals surface area contributed by atoms with Crippen molar-refractivity contribution in [2.24, 2.45) is 0 Å². The molecule has 6 nitrogen and oxygen atoms in total. The number of sulfonamides is 1. The van der Waals surface area contributed by atoms with Gasteiger partial charge in [0.05, 0.1) is 23.8 Å². The van der Waals surface area contributed by atoms with Gasteiger partial charge < -0.3 is 9.84 Å². The van der Waals surface area contributed by atoms with Crippen LogP contribution in [-0.4, -0.2) is 25.1 Å². The van der Waals surface area contributed by atoms with Crippen LogP contribution < -0.4 is 4.72 Å². The zero-order valence-electron chi connectivity index (χ0n) is 13.9. The number of fused-ring (bicyclic) bond motifs is 1. The molecule has 0 amide bonds. The van der Waals surface area contributed by atoms with E-state index in [1.165, 1.54) is 0 Å². The topological polar surface area (TPSA) is 88.5 Å². The van der Waals surface area contributed by atoms with Crippen LogP contribution in [0.5, 0.6) is 5.75 Å². The Morgan fingerprint density at radius 3 is 2.56 bits per heavy atom. The van der Waals surface area contributed by atoms with Crippen LogP contribution in [0.15, 0.2) is 29.2 Å². The first kappa shape index (κ1) is 17.6. The minimum Gasteiger partial charge on any atom is -0.504 e. The number of hydrogen-bond donors (Lipinski definition) is 2. The lowest BCUT2D eigenvalue weighted by atomic mass is 9.95. The molecule has 134 valence electrons. The second kappa shape index (κ2) is 6.61. The molecule has 8 heteroatoms. The predicted octanol–water partition coefficient (Wildman–Crippen LogP) is 2.92. The van der Waals surface area contributed by atoms with E-state index in [2.05, 4.69) is 9.71 Å². The maximum absolute atomic E-state index is 13.0. The normalized spacial score (nSPS) is 14.4. The van der Waals surface area contributed by atoms with Crippen LogP contribution in [0.1, 0.15) is 36.6 Å². The number of benzene rings is 1. The summed E-state index contributed by atoms with van der Waals surface area (Å²) in [6, 6.07) is 4.44. The Bertz CT molecular complexity index is 896. The van der Waals surface area contributed by atoms with Gasteiger partial charge in [-0.25, -0.2) is 17.8 Å². The van der Waals surface area contributed by atoms with Gasteiger partial charge in [0.2, 0.25) is 0 Å². The fraction of sp³-hybridized carbons (Fsp3) is 0.353. The molecule has 3 rings (SSSR count). The predicted molar refractivity (Wildman–Crippen MR) is 90.6 cm³/mol. The first-order chi connectivity index (χ1) is 11.8. The highest BCUT2D eigenvalue weighted by Gasteiger charge is 2.26. The van der Waals surface area contributed by atoms with Gasteiger partial charge in [-0.2, -0.15) is 0 Å². The van der Waals surface area contributed by atoms with Gasteiger partial charge >= 0.3 is 0 Å². The molecule has 0 bridgehead atoms. The SMILES string of the molecule is CC(C)c1nc(NS(=O)(=O)c2ccc(F)cc2)c(O)c2c1COCC2. The standard InChI is InChI=1S/C17H19FN2O4S/c1-10(2)15-14-9-24-8-7-13(14)16(21)17(19-15)20-25(22,23)12-5-3-11(18)4-6-12/h3-6,10,21H,7-9H2,1-2H3,(H,19,20). The number of nitrogens with one attached hydrogen (secondary N) is 1. The van der Waals surface area contributed by atoms with Crippen molar-refractivity contribution in [1.29, 1.82) is 0 Å². The highest BCUT2D eigenvalue weighted by Crippen LogP contribution is 2.37. The number of ether oxygens (including phenoxy) is 1. The van der Waals surface area contributed by atoms with E-state index < -0.39 is 15.8 Å². The van der Waals surface area contributed by atoms with Crippen molar-refractivity contribution >= 4 is 15.8 Å². The Morgan fingerprint density at radius 1 is 1.24 bits per heavy atom. The van der Waals surface area contributed by atoms with Crippen LogP contribution in [-0.2, 0) is 27.8 Å². The average molecular weight is 366 g/mol. The molecule has 0 unspecified atom stereocenters. The molecule has 0 fully saturated rings. The van der Waals surface area contributed by atoms with Crippen LogP contribution in [0.4, 0.5) is 10.2 Å². The van der Waals surface area contributed by atoms with Gasteiger partial charge in [0.15, 0.2) is 11.6 Å². The van der Waals surface area contributed by atoms with E-state index in [9.17, 15) is 17.9 Å². The molecule has 1 aliphatic heterocycles. The van der Waals surface area contributed by atoms with Crippen LogP contribution in [0, 0.1) is 5.82 Å². The summed E-state index contributed by atoms with van der Waals surface area (Å²) in [5.74, 6) is -0.803. The molecule has 2 N–H and O–H groups in total. The first-order valence-electron chi connectivity index (χ1n) is 7.90. The molecule has 1 aromatic carbocycles. The van der Waals surface area contributed by atoms with Crippen LogP contribution >= 0.6 is 0 Å². The maximum atomic E-state index is 13.0. The van der Waals surface area contributed by atoms with E-state index in [1.54, 1.807) is 0 Å². The maximum Gasteiger partial charge on any atom is 0.263 e. The largest absolute Gasteiger partial charge is 0.504 e. The molecule has 0 saturated heterocycles. The molecular formula is C17H19FN2O4S. The fourth-order valence-electron chi connectivity index (χ4n) is 2.81. The molecule has 2 heterocycles. The Balaban J connectivity index is 2.05. The molecule has 2 aromatic rings. The third-order valence-corrected chi connectivity index (χ3v) is 5.42. The summed E-state index contributed by atoms with van der Waals surface area (Å²) in [7, 11) is -3.99. The van der Waals surface area contributed by atoms with E-state index in [1.807, 2.05) is 13.8 Å².